The Morgan fingerprint density at radius 1 is 1.44 bits per heavy atom. The summed E-state index contributed by atoms with van der Waals surface area (Å²) in [6.45, 7) is 1.58. The molecule has 0 bridgehead atoms. The zero-order valence-electron chi connectivity index (χ0n) is 9.60. The maximum Gasteiger partial charge on any atom is 0.327 e. The Hall–Kier alpha value is -2.24. The van der Waals surface area contributed by atoms with E-state index in [1.54, 1.807) is 6.92 Å². The molecule has 0 spiro atoms. The lowest BCUT2D eigenvalue weighted by atomic mass is 10.1. The van der Waals surface area contributed by atoms with Crippen LogP contribution >= 0.6 is 0 Å². The van der Waals surface area contributed by atoms with E-state index in [1.807, 2.05) is 0 Å². The van der Waals surface area contributed by atoms with Crippen molar-refractivity contribution in [1.29, 1.82) is 0 Å². The molecule has 2 aromatic rings. The smallest absolute Gasteiger partial charge is 0.327 e. The van der Waals surface area contributed by atoms with Crippen molar-refractivity contribution >= 4 is 6.03 Å². The lowest BCUT2D eigenvalue weighted by Crippen LogP contribution is -2.30. The predicted octanol–water partition coefficient (Wildman–Crippen LogP) is 2.48. The minimum atomic E-state index is -0.643. The first-order chi connectivity index (χ1) is 8.58. The minimum Gasteiger partial charge on any atom is -0.331 e. The third-order valence-corrected chi connectivity index (χ3v) is 2.50. The molecule has 6 heteroatoms. The largest absolute Gasteiger partial charge is 0.331 e. The first kappa shape index (κ1) is 12.2. The van der Waals surface area contributed by atoms with Crippen molar-refractivity contribution in [2.24, 2.45) is 0 Å². The summed E-state index contributed by atoms with van der Waals surface area (Å²) in [5.41, 5.74) is 0.100. The highest BCUT2D eigenvalue weighted by atomic mass is 19.1. The van der Waals surface area contributed by atoms with Crippen molar-refractivity contribution in [1.82, 2.24) is 14.9 Å². The van der Waals surface area contributed by atoms with E-state index in [-0.39, 0.29) is 5.56 Å². The number of amides is 1. The highest BCUT2D eigenvalue weighted by Gasteiger charge is 2.15. The van der Waals surface area contributed by atoms with Crippen LogP contribution in [0.5, 0.6) is 0 Å². The van der Waals surface area contributed by atoms with Crippen molar-refractivity contribution in [2.75, 3.05) is 0 Å². The van der Waals surface area contributed by atoms with Gasteiger partial charge in [-0.25, -0.2) is 18.6 Å². The molecule has 1 heterocycles. The number of hydrogen-bond donors (Lipinski definition) is 1. The number of carbonyl (C=O) groups is 1. The van der Waals surface area contributed by atoms with Crippen LogP contribution in [0.1, 0.15) is 18.5 Å². The topological polar surface area (TPSA) is 46.9 Å². The van der Waals surface area contributed by atoms with Gasteiger partial charge in [0, 0.05) is 18.0 Å². The van der Waals surface area contributed by atoms with Crippen molar-refractivity contribution in [2.45, 2.75) is 13.0 Å². The molecule has 0 saturated carbocycles. The van der Waals surface area contributed by atoms with E-state index >= 15 is 0 Å². The molecule has 0 fully saturated rings. The predicted molar refractivity (Wildman–Crippen MR) is 60.9 cm³/mol. The lowest BCUT2D eigenvalue weighted by Gasteiger charge is -2.15. The fourth-order valence-corrected chi connectivity index (χ4v) is 1.56. The monoisotopic (exact) mass is 251 g/mol. The molecule has 18 heavy (non-hydrogen) atoms. The third-order valence-electron chi connectivity index (χ3n) is 2.50. The van der Waals surface area contributed by atoms with Gasteiger partial charge in [-0.2, -0.15) is 0 Å². The van der Waals surface area contributed by atoms with Gasteiger partial charge in [-0.15, -0.1) is 0 Å². The van der Waals surface area contributed by atoms with Crippen LogP contribution < -0.4 is 5.32 Å². The maximum atomic E-state index is 13.5. The summed E-state index contributed by atoms with van der Waals surface area (Å²) in [6, 6.07) is 2.03. The summed E-state index contributed by atoms with van der Waals surface area (Å²) in [5.74, 6) is -1.11. The number of aromatic nitrogens is 2. The molecule has 94 valence electrons. The highest BCUT2D eigenvalue weighted by molar-refractivity contribution is 5.76. The first-order valence-corrected chi connectivity index (χ1v) is 5.31. The summed E-state index contributed by atoms with van der Waals surface area (Å²) >= 11 is 0. The molecule has 1 atom stereocenters. The number of benzene rings is 1. The normalized spacial score (nSPS) is 12.2. The van der Waals surface area contributed by atoms with Gasteiger partial charge in [0.2, 0.25) is 0 Å². The van der Waals surface area contributed by atoms with Gasteiger partial charge in [0.1, 0.15) is 18.0 Å². The second-order valence-corrected chi connectivity index (χ2v) is 3.81. The van der Waals surface area contributed by atoms with Crippen LogP contribution in [0.4, 0.5) is 13.6 Å². The number of nitrogens with one attached hydrogen (secondary N) is 1. The Bertz CT molecular complexity index is 554. The van der Waals surface area contributed by atoms with E-state index in [1.165, 1.54) is 23.3 Å². The van der Waals surface area contributed by atoms with Crippen molar-refractivity contribution in [3.8, 4) is 0 Å². The van der Waals surface area contributed by atoms with Gasteiger partial charge in [0.15, 0.2) is 0 Å². The van der Waals surface area contributed by atoms with Crippen LogP contribution in [-0.2, 0) is 0 Å². The molecular formula is C12H11F2N3O. The standard InChI is InChI=1S/C12H11F2N3O/c1-8(10-6-9(13)2-3-11(10)14)16-12(18)17-5-4-15-7-17/h2-8H,1H3,(H,16,18). The van der Waals surface area contributed by atoms with E-state index in [2.05, 4.69) is 10.3 Å². The van der Waals surface area contributed by atoms with Gasteiger partial charge in [-0.3, -0.25) is 4.57 Å². The average molecular weight is 251 g/mol. The molecule has 1 amide bonds. The van der Waals surface area contributed by atoms with Crippen LogP contribution in [0.3, 0.4) is 0 Å². The van der Waals surface area contributed by atoms with Crippen LogP contribution in [0.25, 0.3) is 0 Å². The van der Waals surface area contributed by atoms with Crippen LogP contribution in [0, 0.1) is 11.6 Å². The summed E-state index contributed by atoms with van der Waals surface area (Å²) in [4.78, 5) is 15.4. The number of halogens is 2. The minimum absolute atomic E-state index is 0.100. The Kier molecular flexibility index (Phi) is 3.36. The molecule has 1 aromatic carbocycles. The highest BCUT2D eigenvalue weighted by Crippen LogP contribution is 2.17. The SMILES string of the molecule is CC(NC(=O)n1ccnc1)c1cc(F)ccc1F. The summed E-state index contributed by atoms with van der Waals surface area (Å²) in [5, 5.41) is 2.54. The molecule has 0 aliphatic heterocycles. The molecule has 4 nitrogen and oxygen atoms in total. The van der Waals surface area contributed by atoms with Crippen LogP contribution in [0.15, 0.2) is 36.9 Å². The molecule has 0 radical (unpaired) electrons. The molecule has 1 N–H and O–H groups in total. The van der Waals surface area contributed by atoms with E-state index in [4.69, 9.17) is 0 Å². The lowest BCUT2D eigenvalue weighted by molar-refractivity contribution is 0.239. The van der Waals surface area contributed by atoms with Crippen LogP contribution in [-0.4, -0.2) is 15.6 Å². The number of nitrogens with zero attached hydrogens (tertiary/aromatic N) is 2. The molecule has 0 aliphatic rings. The number of rotatable bonds is 2. The number of imidazole rings is 1. The summed E-state index contributed by atoms with van der Waals surface area (Å²) in [6.07, 6.45) is 4.24. The molecule has 0 saturated heterocycles. The second kappa shape index (κ2) is 4.95. The Morgan fingerprint density at radius 2 is 2.22 bits per heavy atom. The van der Waals surface area contributed by atoms with E-state index in [0.29, 0.717) is 0 Å². The van der Waals surface area contributed by atoms with E-state index < -0.39 is 23.7 Å². The average Bonchev–Trinajstić information content (AvgIpc) is 2.85. The van der Waals surface area contributed by atoms with Gasteiger partial charge >= 0.3 is 6.03 Å². The van der Waals surface area contributed by atoms with Crippen LogP contribution in [0.2, 0.25) is 0 Å². The van der Waals surface area contributed by atoms with Crippen molar-refractivity contribution in [3.05, 3.63) is 54.1 Å². The van der Waals surface area contributed by atoms with Gasteiger partial charge in [0.25, 0.3) is 0 Å². The van der Waals surface area contributed by atoms with Gasteiger partial charge in [0.05, 0.1) is 6.04 Å². The third kappa shape index (κ3) is 2.53. The Balaban J connectivity index is 2.14. The van der Waals surface area contributed by atoms with Crippen molar-refractivity contribution in [3.63, 3.8) is 0 Å². The Labute approximate surface area is 102 Å². The zero-order valence-corrected chi connectivity index (χ0v) is 9.60. The molecule has 1 aromatic heterocycles. The number of hydrogen-bond acceptors (Lipinski definition) is 2. The van der Waals surface area contributed by atoms with Gasteiger partial charge in [-0.1, -0.05) is 0 Å². The summed E-state index contributed by atoms with van der Waals surface area (Å²) < 4.78 is 27.7. The second-order valence-electron chi connectivity index (χ2n) is 3.81. The number of carbonyl (C=O) groups excluding carboxylic acids is 1. The van der Waals surface area contributed by atoms with E-state index in [0.717, 1.165) is 18.2 Å². The summed E-state index contributed by atoms with van der Waals surface area (Å²) in [7, 11) is 0. The molecule has 2 rings (SSSR count). The first-order valence-electron chi connectivity index (χ1n) is 5.31. The van der Waals surface area contributed by atoms with Gasteiger partial charge in [-0.05, 0) is 25.1 Å². The van der Waals surface area contributed by atoms with Gasteiger partial charge < -0.3 is 5.32 Å². The molecule has 0 aliphatic carbocycles. The van der Waals surface area contributed by atoms with E-state index in [9.17, 15) is 13.6 Å². The quantitative estimate of drug-likeness (QED) is 0.891. The van der Waals surface area contributed by atoms with Crippen molar-refractivity contribution < 1.29 is 13.6 Å². The molecule has 1 unspecified atom stereocenters. The zero-order chi connectivity index (χ0) is 13.1. The maximum absolute atomic E-state index is 13.5. The molecular weight excluding hydrogens is 240 g/mol. The fourth-order valence-electron chi connectivity index (χ4n) is 1.56. The fraction of sp³-hybridized carbons (Fsp3) is 0.167. The Morgan fingerprint density at radius 3 is 2.89 bits per heavy atom.